The predicted octanol–water partition coefficient (Wildman–Crippen LogP) is 3.68. The average molecular weight is 299 g/mol. The second-order valence-electron chi connectivity index (χ2n) is 3.27. The van der Waals surface area contributed by atoms with E-state index < -0.39 is 0 Å². The van der Waals surface area contributed by atoms with Crippen molar-refractivity contribution >= 4 is 27.3 Å². The standard InChI is InChI=1S/C12H11BrO2S/c1-15-11-4-2-8(6-10(11)13)12-5-3-9(7-14)16-12/h2-6,14H,7H2,1H3. The minimum atomic E-state index is 0.0992. The Bertz CT molecular complexity index is 494. The third-order valence-corrected chi connectivity index (χ3v) is 3.99. The number of aliphatic hydroxyl groups excluding tert-OH is 1. The van der Waals surface area contributed by atoms with Gasteiger partial charge in [-0.15, -0.1) is 11.3 Å². The normalized spacial score (nSPS) is 10.4. The van der Waals surface area contributed by atoms with Crippen molar-refractivity contribution in [3.63, 3.8) is 0 Å². The van der Waals surface area contributed by atoms with Gasteiger partial charge in [0.15, 0.2) is 0 Å². The third-order valence-electron chi connectivity index (χ3n) is 2.25. The van der Waals surface area contributed by atoms with Crippen LogP contribution in [0.1, 0.15) is 4.88 Å². The van der Waals surface area contributed by atoms with E-state index in [1.54, 1.807) is 18.4 Å². The summed E-state index contributed by atoms with van der Waals surface area (Å²) >= 11 is 5.06. The molecule has 2 nitrogen and oxygen atoms in total. The molecule has 1 aromatic carbocycles. The highest BCUT2D eigenvalue weighted by Crippen LogP contribution is 2.33. The summed E-state index contributed by atoms with van der Waals surface area (Å²) in [6, 6.07) is 9.92. The molecule has 2 rings (SSSR count). The molecule has 0 saturated carbocycles. The maximum absolute atomic E-state index is 9.02. The molecule has 84 valence electrons. The molecule has 4 heteroatoms. The monoisotopic (exact) mass is 298 g/mol. The van der Waals surface area contributed by atoms with Gasteiger partial charge in [0.2, 0.25) is 0 Å². The van der Waals surface area contributed by atoms with E-state index in [2.05, 4.69) is 15.9 Å². The Balaban J connectivity index is 2.37. The largest absolute Gasteiger partial charge is 0.496 e. The molecule has 0 atom stereocenters. The van der Waals surface area contributed by atoms with Crippen molar-refractivity contribution in [3.05, 3.63) is 39.7 Å². The SMILES string of the molecule is COc1ccc(-c2ccc(CO)s2)cc1Br. The number of halogens is 1. The van der Waals surface area contributed by atoms with Crippen molar-refractivity contribution < 1.29 is 9.84 Å². The molecule has 1 N–H and O–H groups in total. The second-order valence-corrected chi connectivity index (χ2v) is 5.30. The molecule has 16 heavy (non-hydrogen) atoms. The van der Waals surface area contributed by atoms with Gasteiger partial charge in [0.05, 0.1) is 18.2 Å². The molecule has 0 radical (unpaired) electrons. The molecule has 0 unspecified atom stereocenters. The summed E-state index contributed by atoms with van der Waals surface area (Å²) in [5.74, 6) is 0.822. The van der Waals surface area contributed by atoms with Crippen LogP contribution in [0.2, 0.25) is 0 Å². The van der Waals surface area contributed by atoms with E-state index in [9.17, 15) is 0 Å². The van der Waals surface area contributed by atoms with Crippen LogP contribution in [-0.2, 0) is 6.61 Å². The highest BCUT2D eigenvalue weighted by atomic mass is 79.9. The summed E-state index contributed by atoms with van der Waals surface area (Å²) in [4.78, 5) is 2.12. The lowest BCUT2D eigenvalue weighted by Crippen LogP contribution is -1.84. The fraction of sp³-hybridized carbons (Fsp3) is 0.167. The zero-order chi connectivity index (χ0) is 11.5. The average Bonchev–Trinajstić information content (AvgIpc) is 2.77. The molecular formula is C12H11BrO2S. The summed E-state index contributed by atoms with van der Waals surface area (Å²) in [6.07, 6.45) is 0. The highest BCUT2D eigenvalue weighted by Gasteiger charge is 2.05. The van der Waals surface area contributed by atoms with Crippen LogP contribution in [0.4, 0.5) is 0 Å². The zero-order valence-corrected chi connectivity index (χ0v) is 11.1. The number of hydrogen-bond donors (Lipinski definition) is 1. The summed E-state index contributed by atoms with van der Waals surface area (Å²) < 4.78 is 6.12. The van der Waals surface area contributed by atoms with E-state index in [-0.39, 0.29) is 6.61 Å². The smallest absolute Gasteiger partial charge is 0.133 e. The topological polar surface area (TPSA) is 29.5 Å². The Morgan fingerprint density at radius 3 is 2.69 bits per heavy atom. The number of ether oxygens (including phenoxy) is 1. The summed E-state index contributed by atoms with van der Waals surface area (Å²) in [5.41, 5.74) is 1.12. The van der Waals surface area contributed by atoms with Crippen LogP contribution >= 0.6 is 27.3 Å². The van der Waals surface area contributed by atoms with Crippen molar-refractivity contribution in [2.24, 2.45) is 0 Å². The molecule has 2 aromatic rings. The summed E-state index contributed by atoms with van der Waals surface area (Å²) in [7, 11) is 1.65. The van der Waals surface area contributed by atoms with E-state index in [0.29, 0.717) is 0 Å². The Kier molecular flexibility index (Phi) is 3.63. The lowest BCUT2D eigenvalue weighted by molar-refractivity contribution is 0.285. The lowest BCUT2D eigenvalue weighted by Gasteiger charge is -2.04. The predicted molar refractivity (Wildman–Crippen MR) is 69.9 cm³/mol. The van der Waals surface area contributed by atoms with Crippen LogP contribution in [-0.4, -0.2) is 12.2 Å². The number of hydrogen-bond acceptors (Lipinski definition) is 3. The van der Waals surface area contributed by atoms with Crippen molar-refractivity contribution in [1.29, 1.82) is 0 Å². The molecule has 0 amide bonds. The fourth-order valence-electron chi connectivity index (χ4n) is 1.44. The number of rotatable bonds is 3. The van der Waals surface area contributed by atoms with Crippen LogP contribution in [0.25, 0.3) is 10.4 Å². The zero-order valence-electron chi connectivity index (χ0n) is 8.74. The molecule has 0 aliphatic carbocycles. The second kappa shape index (κ2) is 4.99. The maximum Gasteiger partial charge on any atom is 0.133 e. The first kappa shape index (κ1) is 11.6. The third kappa shape index (κ3) is 2.29. The molecule has 1 heterocycles. The number of benzene rings is 1. The van der Waals surface area contributed by atoms with Crippen molar-refractivity contribution in [3.8, 4) is 16.2 Å². The van der Waals surface area contributed by atoms with E-state index >= 15 is 0 Å². The van der Waals surface area contributed by atoms with Crippen LogP contribution in [0.5, 0.6) is 5.75 Å². The Morgan fingerprint density at radius 1 is 1.31 bits per heavy atom. The molecular weight excluding hydrogens is 288 g/mol. The van der Waals surface area contributed by atoms with Crippen molar-refractivity contribution in [1.82, 2.24) is 0 Å². The highest BCUT2D eigenvalue weighted by molar-refractivity contribution is 9.10. The van der Waals surface area contributed by atoms with E-state index in [0.717, 1.165) is 25.5 Å². The molecule has 0 bridgehead atoms. The quantitative estimate of drug-likeness (QED) is 0.937. The maximum atomic E-state index is 9.02. The van der Waals surface area contributed by atoms with Gasteiger partial charge in [-0.25, -0.2) is 0 Å². The van der Waals surface area contributed by atoms with Gasteiger partial charge in [0.25, 0.3) is 0 Å². The minimum absolute atomic E-state index is 0.0992. The molecule has 0 fully saturated rings. The fourth-order valence-corrected chi connectivity index (χ4v) is 2.84. The number of thiophene rings is 1. The van der Waals surface area contributed by atoms with Crippen LogP contribution < -0.4 is 4.74 Å². The van der Waals surface area contributed by atoms with Crippen molar-refractivity contribution in [2.45, 2.75) is 6.61 Å². The summed E-state index contributed by atoms with van der Waals surface area (Å²) in [5, 5.41) is 9.02. The van der Waals surface area contributed by atoms with Crippen molar-refractivity contribution in [2.75, 3.05) is 7.11 Å². The number of aliphatic hydroxyl groups is 1. The van der Waals surface area contributed by atoms with Crippen LogP contribution in [0.15, 0.2) is 34.8 Å². The lowest BCUT2D eigenvalue weighted by atomic mass is 10.2. The van der Waals surface area contributed by atoms with Gasteiger partial charge in [0, 0.05) is 9.75 Å². The van der Waals surface area contributed by atoms with E-state index in [1.807, 2.05) is 30.3 Å². The summed E-state index contributed by atoms with van der Waals surface area (Å²) in [6.45, 7) is 0.0992. The van der Waals surface area contributed by atoms with Gasteiger partial charge >= 0.3 is 0 Å². The van der Waals surface area contributed by atoms with Gasteiger partial charge in [-0.2, -0.15) is 0 Å². The first-order valence-electron chi connectivity index (χ1n) is 4.78. The van der Waals surface area contributed by atoms with Gasteiger partial charge in [-0.3, -0.25) is 0 Å². The first-order chi connectivity index (χ1) is 7.74. The minimum Gasteiger partial charge on any atom is -0.496 e. The van der Waals surface area contributed by atoms with Gasteiger partial charge < -0.3 is 9.84 Å². The van der Waals surface area contributed by atoms with E-state index in [1.165, 1.54) is 0 Å². The molecule has 0 saturated heterocycles. The molecule has 0 spiro atoms. The van der Waals surface area contributed by atoms with Gasteiger partial charge in [-0.1, -0.05) is 0 Å². The van der Waals surface area contributed by atoms with Crippen LogP contribution in [0, 0.1) is 0 Å². The van der Waals surface area contributed by atoms with Crippen LogP contribution in [0.3, 0.4) is 0 Å². The number of methoxy groups -OCH3 is 1. The Hall–Kier alpha value is -0.840. The Morgan fingerprint density at radius 2 is 2.12 bits per heavy atom. The molecule has 1 aromatic heterocycles. The molecule has 0 aliphatic heterocycles. The first-order valence-corrected chi connectivity index (χ1v) is 6.39. The Labute approximate surface area is 107 Å². The van der Waals surface area contributed by atoms with Gasteiger partial charge in [-0.05, 0) is 51.8 Å². The molecule has 0 aliphatic rings. The van der Waals surface area contributed by atoms with Gasteiger partial charge in [0.1, 0.15) is 5.75 Å². The van der Waals surface area contributed by atoms with E-state index in [4.69, 9.17) is 9.84 Å².